The Morgan fingerprint density at radius 3 is 2.40 bits per heavy atom. The number of piperidine rings is 1. The van der Waals surface area contributed by atoms with Crippen LogP contribution in [0, 0.1) is 11.8 Å². The Balaban J connectivity index is 1.77. The minimum atomic E-state index is 0.781. The van der Waals surface area contributed by atoms with E-state index in [1.807, 2.05) is 0 Å². The molecule has 1 saturated heterocycles. The molecule has 0 amide bonds. The smallest absolute Gasteiger partial charge is 0.0101 e. The monoisotopic (exact) mass is 275 g/mol. The van der Waals surface area contributed by atoms with Gasteiger partial charge in [-0.1, -0.05) is 25.0 Å². The van der Waals surface area contributed by atoms with Crippen molar-refractivity contribution in [1.29, 1.82) is 0 Å². The van der Waals surface area contributed by atoms with Gasteiger partial charge in [0.05, 0.1) is 0 Å². The first-order valence-corrected chi connectivity index (χ1v) is 8.83. The molecule has 1 heterocycles. The lowest BCUT2D eigenvalue weighted by Gasteiger charge is -2.45. The van der Waals surface area contributed by atoms with Gasteiger partial charge in [0.15, 0.2) is 0 Å². The van der Waals surface area contributed by atoms with Crippen LogP contribution in [0.25, 0.3) is 0 Å². The summed E-state index contributed by atoms with van der Waals surface area (Å²) in [6, 6.07) is 1.60. The summed E-state index contributed by atoms with van der Waals surface area (Å²) in [5, 5.41) is 3.98. The number of hydrogen-bond acceptors (Lipinski definition) is 1. The third-order valence-corrected chi connectivity index (χ3v) is 5.45. The first-order chi connectivity index (χ1) is 9.85. The van der Waals surface area contributed by atoms with Gasteiger partial charge < -0.3 is 5.32 Å². The fourth-order valence-electron chi connectivity index (χ4n) is 4.40. The molecule has 1 N–H and O–H groups in total. The predicted molar refractivity (Wildman–Crippen MR) is 88.9 cm³/mol. The molecular weight excluding hydrogens is 242 g/mol. The molecule has 0 aromatic carbocycles. The second-order valence-electron chi connectivity index (χ2n) is 6.84. The van der Waals surface area contributed by atoms with Crippen LogP contribution in [-0.2, 0) is 0 Å². The van der Waals surface area contributed by atoms with Crippen LogP contribution in [0.3, 0.4) is 0 Å². The molecule has 0 aromatic rings. The van der Waals surface area contributed by atoms with Crippen molar-refractivity contribution in [1.82, 2.24) is 5.32 Å². The molecule has 1 saturated carbocycles. The van der Waals surface area contributed by atoms with Crippen molar-refractivity contribution in [3.05, 3.63) is 25.3 Å². The van der Waals surface area contributed by atoms with Gasteiger partial charge in [-0.15, -0.1) is 13.2 Å². The molecular formula is C19H33N. The largest absolute Gasteiger partial charge is 0.311 e. The quantitative estimate of drug-likeness (QED) is 0.472. The lowest BCUT2D eigenvalue weighted by Crippen LogP contribution is -2.51. The molecule has 0 bridgehead atoms. The highest BCUT2D eigenvalue weighted by atomic mass is 15.0. The normalized spacial score (nSPS) is 33.4. The van der Waals surface area contributed by atoms with Crippen LogP contribution in [0.15, 0.2) is 25.3 Å². The highest BCUT2D eigenvalue weighted by Crippen LogP contribution is 2.39. The highest BCUT2D eigenvalue weighted by molar-refractivity contribution is 4.93. The Bertz CT molecular complexity index is 296. The Hall–Kier alpha value is -0.560. The van der Waals surface area contributed by atoms with E-state index in [-0.39, 0.29) is 0 Å². The maximum atomic E-state index is 3.98. The van der Waals surface area contributed by atoms with E-state index < -0.39 is 0 Å². The maximum Gasteiger partial charge on any atom is 0.0101 e. The lowest BCUT2D eigenvalue weighted by atomic mass is 9.69. The number of hydrogen-bond donors (Lipinski definition) is 1. The summed E-state index contributed by atoms with van der Waals surface area (Å²) in [4.78, 5) is 0. The SMILES string of the molecule is C=CCCCC1CCC2C(CCCC=C)CCCC2N1. The van der Waals surface area contributed by atoms with Gasteiger partial charge in [0.25, 0.3) is 0 Å². The zero-order chi connectivity index (χ0) is 14.2. The Morgan fingerprint density at radius 2 is 1.65 bits per heavy atom. The van der Waals surface area contributed by atoms with Gasteiger partial charge in [-0.3, -0.25) is 0 Å². The van der Waals surface area contributed by atoms with Crippen LogP contribution in [0.4, 0.5) is 0 Å². The van der Waals surface area contributed by atoms with Gasteiger partial charge in [0, 0.05) is 12.1 Å². The van der Waals surface area contributed by atoms with E-state index in [1.54, 1.807) is 0 Å². The second-order valence-corrected chi connectivity index (χ2v) is 6.84. The number of rotatable bonds is 8. The zero-order valence-electron chi connectivity index (χ0n) is 13.2. The molecule has 2 aliphatic rings. The molecule has 2 fully saturated rings. The molecule has 1 nitrogen and oxygen atoms in total. The Kier molecular flexibility index (Phi) is 6.86. The van der Waals surface area contributed by atoms with E-state index in [0.717, 1.165) is 23.9 Å². The van der Waals surface area contributed by atoms with Crippen molar-refractivity contribution >= 4 is 0 Å². The van der Waals surface area contributed by atoms with Crippen LogP contribution >= 0.6 is 0 Å². The molecule has 114 valence electrons. The molecule has 1 heteroatoms. The molecule has 2 rings (SSSR count). The molecule has 20 heavy (non-hydrogen) atoms. The van der Waals surface area contributed by atoms with Gasteiger partial charge in [0.2, 0.25) is 0 Å². The topological polar surface area (TPSA) is 12.0 Å². The van der Waals surface area contributed by atoms with Gasteiger partial charge in [0.1, 0.15) is 0 Å². The molecule has 1 aliphatic heterocycles. The van der Waals surface area contributed by atoms with Crippen LogP contribution < -0.4 is 5.32 Å². The summed E-state index contributed by atoms with van der Waals surface area (Å²) in [6.45, 7) is 7.68. The van der Waals surface area contributed by atoms with Crippen molar-refractivity contribution in [2.75, 3.05) is 0 Å². The van der Waals surface area contributed by atoms with E-state index in [4.69, 9.17) is 0 Å². The number of nitrogens with one attached hydrogen (secondary N) is 1. The summed E-state index contributed by atoms with van der Waals surface area (Å²) in [6.07, 6.45) is 19.1. The van der Waals surface area contributed by atoms with E-state index >= 15 is 0 Å². The number of fused-ring (bicyclic) bond motifs is 1. The van der Waals surface area contributed by atoms with Gasteiger partial charge >= 0.3 is 0 Å². The molecule has 0 aromatic heterocycles. The van der Waals surface area contributed by atoms with Gasteiger partial charge in [-0.2, -0.15) is 0 Å². The minimum absolute atomic E-state index is 0.781. The summed E-state index contributed by atoms with van der Waals surface area (Å²) >= 11 is 0. The summed E-state index contributed by atoms with van der Waals surface area (Å²) in [5.41, 5.74) is 0. The Morgan fingerprint density at radius 1 is 0.900 bits per heavy atom. The van der Waals surface area contributed by atoms with E-state index in [2.05, 4.69) is 30.6 Å². The number of allylic oxidation sites excluding steroid dienone is 2. The van der Waals surface area contributed by atoms with Crippen molar-refractivity contribution in [3.8, 4) is 0 Å². The third-order valence-electron chi connectivity index (χ3n) is 5.45. The van der Waals surface area contributed by atoms with Crippen molar-refractivity contribution in [2.24, 2.45) is 11.8 Å². The van der Waals surface area contributed by atoms with Gasteiger partial charge in [-0.25, -0.2) is 0 Å². The highest BCUT2D eigenvalue weighted by Gasteiger charge is 2.36. The van der Waals surface area contributed by atoms with Crippen molar-refractivity contribution in [3.63, 3.8) is 0 Å². The van der Waals surface area contributed by atoms with E-state index in [0.29, 0.717) is 0 Å². The second kappa shape index (κ2) is 8.67. The standard InChI is InChI=1S/C19H33N/c1-3-5-7-10-16-11-9-13-19-18(16)15-14-17(20-19)12-8-6-4-2/h3-4,16-20H,1-2,5-15H2. The van der Waals surface area contributed by atoms with Crippen molar-refractivity contribution < 1.29 is 0 Å². The van der Waals surface area contributed by atoms with Crippen LogP contribution in [0.1, 0.15) is 70.6 Å². The van der Waals surface area contributed by atoms with Crippen molar-refractivity contribution in [2.45, 2.75) is 82.7 Å². The lowest BCUT2D eigenvalue weighted by molar-refractivity contribution is 0.105. The Labute approximate surface area is 125 Å². The molecule has 4 atom stereocenters. The molecule has 1 aliphatic carbocycles. The first kappa shape index (κ1) is 15.8. The third kappa shape index (κ3) is 4.48. The van der Waals surface area contributed by atoms with E-state index in [9.17, 15) is 0 Å². The number of unbranched alkanes of at least 4 members (excludes halogenated alkanes) is 2. The summed E-state index contributed by atoms with van der Waals surface area (Å²) < 4.78 is 0. The fourth-order valence-corrected chi connectivity index (χ4v) is 4.40. The van der Waals surface area contributed by atoms with Crippen LogP contribution in [0.5, 0.6) is 0 Å². The van der Waals surface area contributed by atoms with Gasteiger partial charge in [-0.05, 0) is 69.6 Å². The van der Waals surface area contributed by atoms with E-state index in [1.165, 1.54) is 70.6 Å². The average molecular weight is 275 g/mol. The van der Waals surface area contributed by atoms with Crippen LogP contribution in [0.2, 0.25) is 0 Å². The van der Waals surface area contributed by atoms with Crippen LogP contribution in [-0.4, -0.2) is 12.1 Å². The first-order valence-electron chi connectivity index (χ1n) is 8.83. The fraction of sp³-hybridized carbons (Fsp3) is 0.789. The molecule has 4 unspecified atom stereocenters. The summed E-state index contributed by atoms with van der Waals surface area (Å²) in [5.74, 6) is 1.94. The predicted octanol–water partition coefficient (Wildman–Crippen LogP) is 5.24. The molecule has 0 spiro atoms. The average Bonchev–Trinajstić information content (AvgIpc) is 2.48. The molecule has 0 radical (unpaired) electrons. The maximum absolute atomic E-state index is 3.98. The minimum Gasteiger partial charge on any atom is -0.311 e. The zero-order valence-corrected chi connectivity index (χ0v) is 13.2. The summed E-state index contributed by atoms with van der Waals surface area (Å²) in [7, 11) is 0.